The summed E-state index contributed by atoms with van der Waals surface area (Å²) in [4.78, 5) is 0. The fourth-order valence-electron chi connectivity index (χ4n) is 1.10. The molecule has 1 nitrogen and oxygen atoms in total. The van der Waals surface area contributed by atoms with E-state index in [9.17, 15) is 13.2 Å². The van der Waals surface area contributed by atoms with Crippen LogP contribution in [0.4, 0.5) is 13.2 Å². The second kappa shape index (κ2) is 4.51. The molecule has 86 valence electrons. The molecular formula is C10H19F3O. The lowest BCUT2D eigenvalue weighted by Gasteiger charge is -2.32. The standard InChI is InChI=1S/C10H19F3O/c1-6-7(2)8(10(11,12)13)14-9(3,4)5/h7-8H,6H2,1-5H3/t7-,8-/m1/s1. The van der Waals surface area contributed by atoms with E-state index in [0.717, 1.165) is 0 Å². The zero-order chi connectivity index (χ0) is 11.6. The smallest absolute Gasteiger partial charge is 0.363 e. The molecule has 2 atom stereocenters. The summed E-state index contributed by atoms with van der Waals surface area (Å²) in [5.41, 5.74) is -0.760. The summed E-state index contributed by atoms with van der Waals surface area (Å²) in [5.74, 6) is -0.505. The van der Waals surface area contributed by atoms with Gasteiger partial charge in [-0.25, -0.2) is 0 Å². The topological polar surface area (TPSA) is 9.23 Å². The number of halogens is 3. The van der Waals surface area contributed by atoms with Gasteiger partial charge >= 0.3 is 6.18 Å². The fraction of sp³-hybridized carbons (Fsp3) is 1.00. The molecule has 0 aromatic carbocycles. The van der Waals surface area contributed by atoms with Crippen molar-refractivity contribution in [2.24, 2.45) is 5.92 Å². The van der Waals surface area contributed by atoms with Crippen molar-refractivity contribution in [3.05, 3.63) is 0 Å². The molecule has 0 heterocycles. The van der Waals surface area contributed by atoms with Gasteiger partial charge < -0.3 is 4.74 Å². The first-order valence-corrected chi connectivity index (χ1v) is 4.82. The third-order valence-electron chi connectivity index (χ3n) is 1.96. The second-order valence-electron chi connectivity index (χ2n) is 4.58. The van der Waals surface area contributed by atoms with Crippen molar-refractivity contribution in [1.29, 1.82) is 0 Å². The predicted molar refractivity (Wildman–Crippen MR) is 50.1 cm³/mol. The van der Waals surface area contributed by atoms with Crippen LogP contribution in [-0.4, -0.2) is 17.9 Å². The second-order valence-corrected chi connectivity index (χ2v) is 4.58. The molecule has 0 saturated carbocycles. The van der Waals surface area contributed by atoms with Gasteiger partial charge in [0.05, 0.1) is 5.60 Å². The first kappa shape index (κ1) is 13.8. The van der Waals surface area contributed by atoms with E-state index in [0.29, 0.717) is 6.42 Å². The molecule has 0 aromatic rings. The molecule has 0 unspecified atom stereocenters. The van der Waals surface area contributed by atoms with Crippen LogP contribution in [0.15, 0.2) is 0 Å². The average Bonchev–Trinajstić information content (AvgIpc) is 1.95. The van der Waals surface area contributed by atoms with E-state index in [2.05, 4.69) is 0 Å². The highest BCUT2D eigenvalue weighted by molar-refractivity contribution is 4.77. The molecule has 0 bridgehead atoms. The first-order chi connectivity index (χ1) is 6.08. The van der Waals surface area contributed by atoms with Crippen LogP contribution >= 0.6 is 0 Å². The molecule has 0 rings (SSSR count). The van der Waals surface area contributed by atoms with Gasteiger partial charge in [0.2, 0.25) is 0 Å². The van der Waals surface area contributed by atoms with Crippen LogP contribution in [0, 0.1) is 5.92 Å². The summed E-state index contributed by atoms with van der Waals surface area (Å²) in [6, 6.07) is 0. The van der Waals surface area contributed by atoms with Gasteiger partial charge in [0.15, 0.2) is 6.10 Å². The maximum Gasteiger partial charge on any atom is 0.414 e. The van der Waals surface area contributed by atoms with Gasteiger partial charge in [0.25, 0.3) is 0 Å². The Balaban J connectivity index is 4.58. The van der Waals surface area contributed by atoms with Crippen LogP contribution in [0.1, 0.15) is 41.0 Å². The van der Waals surface area contributed by atoms with Gasteiger partial charge in [0.1, 0.15) is 0 Å². The van der Waals surface area contributed by atoms with Crippen molar-refractivity contribution in [3.8, 4) is 0 Å². The minimum atomic E-state index is -4.28. The van der Waals surface area contributed by atoms with E-state index in [-0.39, 0.29) is 0 Å². The predicted octanol–water partition coefficient (Wildman–Crippen LogP) is 3.78. The van der Waals surface area contributed by atoms with Gasteiger partial charge in [-0.15, -0.1) is 0 Å². The summed E-state index contributed by atoms with van der Waals surface area (Å²) in [5, 5.41) is 0. The third kappa shape index (κ3) is 4.84. The minimum Gasteiger partial charge on any atom is -0.363 e. The summed E-state index contributed by atoms with van der Waals surface area (Å²) in [6.45, 7) is 8.19. The highest BCUT2D eigenvalue weighted by atomic mass is 19.4. The van der Waals surface area contributed by atoms with Crippen molar-refractivity contribution in [1.82, 2.24) is 0 Å². The van der Waals surface area contributed by atoms with Crippen LogP contribution in [0.5, 0.6) is 0 Å². The summed E-state index contributed by atoms with van der Waals surface area (Å²) >= 11 is 0. The number of hydrogen-bond acceptors (Lipinski definition) is 1. The normalized spacial score (nSPS) is 18.0. The Hall–Kier alpha value is -0.250. The van der Waals surface area contributed by atoms with Crippen molar-refractivity contribution < 1.29 is 17.9 Å². The summed E-state index contributed by atoms with van der Waals surface area (Å²) in [7, 11) is 0. The Labute approximate surface area is 83.6 Å². The Morgan fingerprint density at radius 1 is 1.14 bits per heavy atom. The zero-order valence-corrected chi connectivity index (χ0v) is 9.40. The van der Waals surface area contributed by atoms with Gasteiger partial charge in [-0.2, -0.15) is 13.2 Å². The molecule has 0 radical (unpaired) electrons. The molecule has 0 aliphatic heterocycles. The summed E-state index contributed by atoms with van der Waals surface area (Å²) in [6.07, 6.45) is -5.48. The molecule has 0 fully saturated rings. The maximum atomic E-state index is 12.6. The number of hydrogen-bond donors (Lipinski definition) is 0. The molecule has 4 heteroatoms. The molecule has 0 spiro atoms. The van der Waals surface area contributed by atoms with E-state index in [1.54, 1.807) is 34.6 Å². The lowest BCUT2D eigenvalue weighted by molar-refractivity contribution is -0.259. The van der Waals surface area contributed by atoms with E-state index < -0.39 is 23.8 Å². The van der Waals surface area contributed by atoms with Crippen molar-refractivity contribution in [3.63, 3.8) is 0 Å². The lowest BCUT2D eigenvalue weighted by atomic mass is 10.0. The largest absolute Gasteiger partial charge is 0.414 e. The molecule has 0 amide bonds. The number of alkyl halides is 3. The molecule has 0 aromatic heterocycles. The average molecular weight is 212 g/mol. The highest BCUT2D eigenvalue weighted by Gasteiger charge is 2.45. The molecule has 14 heavy (non-hydrogen) atoms. The lowest BCUT2D eigenvalue weighted by Crippen LogP contribution is -2.42. The monoisotopic (exact) mass is 212 g/mol. The Bertz CT molecular complexity index is 169. The fourth-order valence-corrected chi connectivity index (χ4v) is 1.10. The van der Waals surface area contributed by atoms with Crippen molar-refractivity contribution in [2.45, 2.75) is 58.9 Å². The van der Waals surface area contributed by atoms with Gasteiger partial charge in [-0.05, 0) is 26.7 Å². The van der Waals surface area contributed by atoms with Crippen LogP contribution in [0.3, 0.4) is 0 Å². The maximum absolute atomic E-state index is 12.6. The van der Waals surface area contributed by atoms with Crippen molar-refractivity contribution in [2.75, 3.05) is 0 Å². The Kier molecular flexibility index (Phi) is 4.43. The molecule has 0 N–H and O–H groups in total. The molecular weight excluding hydrogens is 193 g/mol. The SMILES string of the molecule is CC[C@@H](C)[C@@H](OC(C)(C)C)C(F)(F)F. The van der Waals surface area contributed by atoms with Crippen molar-refractivity contribution >= 4 is 0 Å². The Morgan fingerprint density at radius 3 is 1.79 bits per heavy atom. The van der Waals surface area contributed by atoms with Crippen LogP contribution in [0.25, 0.3) is 0 Å². The highest BCUT2D eigenvalue weighted by Crippen LogP contribution is 2.32. The first-order valence-electron chi connectivity index (χ1n) is 4.82. The van der Waals surface area contributed by atoms with E-state index >= 15 is 0 Å². The number of rotatable bonds is 3. The quantitative estimate of drug-likeness (QED) is 0.691. The summed E-state index contributed by atoms with van der Waals surface area (Å²) < 4.78 is 42.7. The van der Waals surface area contributed by atoms with Crippen LogP contribution in [-0.2, 0) is 4.74 Å². The van der Waals surface area contributed by atoms with Crippen LogP contribution in [0.2, 0.25) is 0 Å². The van der Waals surface area contributed by atoms with E-state index in [1.165, 1.54) is 0 Å². The van der Waals surface area contributed by atoms with E-state index in [1.807, 2.05) is 0 Å². The minimum absolute atomic E-state index is 0.459. The van der Waals surface area contributed by atoms with E-state index in [4.69, 9.17) is 4.74 Å². The van der Waals surface area contributed by atoms with Crippen LogP contribution < -0.4 is 0 Å². The Morgan fingerprint density at radius 2 is 1.57 bits per heavy atom. The molecule has 0 aliphatic carbocycles. The molecule has 0 aliphatic rings. The van der Waals surface area contributed by atoms with Gasteiger partial charge in [-0.3, -0.25) is 0 Å². The molecule has 0 saturated heterocycles. The van der Waals surface area contributed by atoms with Gasteiger partial charge in [0, 0.05) is 0 Å². The van der Waals surface area contributed by atoms with Gasteiger partial charge in [-0.1, -0.05) is 20.3 Å². The zero-order valence-electron chi connectivity index (χ0n) is 9.40. The third-order valence-corrected chi connectivity index (χ3v) is 1.96. The number of ether oxygens (including phenoxy) is 1.